The molecule has 2 aliphatic heterocycles. The fourth-order valence-electron chi connectivity index (χ4n) is 3.70. The maximum absolute atomic E-state index is 12.8. The van der Waals surface area contributed by atoms with Gasteiger partial charge in [-0.05, 0) is 44.0 Å². The summed E-state index contributed by atoms with van der Waals surface area (Å²) in [5.74, 6) is 1.47. The monoisotopic (exact) mass is 352 g/mol. The lowest BCUT2D eigenvalue weighted by molar-refractivity contribution is -0.120. The van der Waals surface area contributed by atoms with Crippen LogP contribution in [-0.4, -0.2) is 36.6 Å². The molecule has 0 bridgehead atoms. The minimum atomic E-state index is -0.0938. The number of nitrogens with zero attached hydrogens (tertiary/aromatic N) is 1. The molecule has 4 rings (SSSR count). The van der Waals surface area contributed by atoms with Gasteiger partial charge in [0.25, 0.3) is 0 Å². The molecule has 5 heteroatoms. The average Bonchev–Trinajstić information content (AvgIpc) is 3.10. The Morgan fingerprint density at radius 3 is 2.85 bits per heavy atom. The SMILES string of the molecule is Cc1cccc(CN2CCCC2C(=O)Nc2ccc3c(c2)OCCO3)c1. The number of nitrogens with one attached hydrogen (secondary N) is 1. The van der Waals surface area contributed by atoms with E-state index in [1.807, 2.05) is 18.2 Å². The van der Waals surface area contributed by atoms with Crippen LogP contribution in [0.15, 0.2) is 42.5 Å². The van der Waals surface area contributed by atoms with Gasteiger partial charge < -0.3 is 14.8 Å². The lowest BCUT2D eigenvalue weighted by atomic mass is 10.1. The number of rotatable bonds is 4. The van der Waals surface area contributed by atoms with Crippen LogP contribution in [0.25, 0.3) is 0 Å². The molecule has 0 aliphatic carbocycles. The molecule has 136 valence electrons. The molecule has 1 fully saturated rings. The number of anilines is 1. The summed E-state index contributed by atoms with van der Waals surface area (Å²) in [7, 11) is 0. The molecule has 2 heterocycles. The van der Waals surface area contributed by atoms with E-state index in [9.17, 15) is 4.79 Å². The van der Waals surface area contributed by atoms with Gasteiger partial charge in [-0.3, -0.25) is 9.69 Å². The van der Waals surface area contributed by atoms with Crippen molar-refractivity contribution in [1.29, 1.82) is 0 Å². The lowest BCUT2D eigenvalue weighted by Crippen LogP contribution is -2.39. The molecule has 0 spiro atoms. The number of carbonyl (C=O) groups is 1. The van der Waals surface area contributed by atoms with E-state index < -0.39 is 0 Å². The van der Waals surface area contributed by atoms with E-state index in [4.69, 9.17) is 9.47 Å². The smallest absolute Gasteiger partial charge is 0.241 e. The summed E-state index contributed by atoms with van der Waals surface area (Å²) in [6.07, 6.45) is 1.94. The van der Waals surface area contributed by atoms with E-state index in [2.05, 4.69) is 41.4 Å². The minimum absolute atomic E-state index is 0.0480. The average molecular weight is 352 g/mol. The zero-order valence-corrected chi connectivity index (χ0v) is 15.0. The molecule has 2 aromatic carbocycles. The highest BCUT2D eigenvalue weighted by Crippen LogP contribution is 2.33. The van der Waals surface area contributed by atoms with Gasteiger partial charge in [0.15, 0.2) is 11.5 Å². The number of likely N-dealkylation sites (tertiary alicyclic amines) is 1. The van der Waals surface area contributed by atoms with Crippen LogP contribution < -0.4 is 14.8 Å². The first-order valence-electron chi connectivity index (χ1n) is 9.19. The van der Waals surface area contributed by atoms with Crippen molar-refractivity contribution in [3.05, 3.63) is 53.6 Å². The van der Waals surface area contributed by atoms with Crippen LogP contribution in [0.4, 0.5) is 5.69 Å². The molecule has 26 heavy (non-hydrogen) atoms. The third kappa shape index (κ3) is 3.68. The molecule has 0 saturated carbocycles. The molecular formula is C21H24N2O3. The van der Waals surface area contributed by atoms with Crippen molar-refractivity contribution in [3.8, 4) is 11.5 Å². The van der Waals surface area contributed by atoms with Crippen molar-refractivity contribution < 1.29 is 14.3 Å². The molecule has 2 aromatic rings. The molecule has 1 saturated heterocycles. The van der Waals surface area contributed by atoms with Crippen molar-refractivity contribution in [2.75, 3.05) is 25.1 Å². The highest BCUT2D eigenvalue weighted by molar-refractivity contribution is 5.95. The van der Waals surface area contributed by atoms with Gasteiger partial charge >= 0.3 is 0 Å². The minimum Gasteiger partial charge on any atom is -0.486 e. The molecule has 0 aromatic heterocycles. The van der Waals surface area contributed by atoms with Crippen LogP contribution >= 0.6 is 0 Å². The molecule has 1 amide bonds. The molecule has 0 radical (unpaired) electrons. The molecular weight excluding hydrogens is 328 g/mol. The number of hydrogen-bond donors (Lipinski definition) is 1. The summed E-state index contributed by atoms with van der Waals surface area (Å²) in [5, 5.41) is 3.04. The fourth-order valence-corrected chi connectivity index (χ4v) is 3.70. The van der Waals surface area contributed by atoms with Gasteiger partial charge in [0, 0.05) is 18.3 Å². The van der Waals surface area contributed by atoms with E-state index >= 15 is 0 Å². The summed E-state index contributed by atoms with van der Waals surface area (Å²) >= 11 is 0. The fraction of sp³-hybridized carbons (Fsp3) is 0.381. The molecule has 5 nitrogen and oxygen atoms in total. The first-order chi connectivity index (χ1) is 12.7. The number of hydrogen-bond acceptors (Lipinski definition) is 4. The zero-order valence-electron chi connectivity index (χ0n) is 15.0. The normalized spacial score (nSPS) is 19.3. The summed E-state index contributed by atoms with van der Waals surface area (Å²) in [6.45, 7) is 4.96. The summed E-state index contributed by atoms with van der Waals surface area (Å²) in [5.41, 5.74) is 3.25. The Morgan fingerprint density at radius 1 is 1.15 bits per heavy atom. The Bertz CT molecular complexity index is 806. The highest BCUT2D eigenvalue weighted by Gasteiger charge is 2.30. The Hall–Kier alpha value is -2.53. The first kappa shape index (κ1) is 16.9. The van der Waals surface area contributed by atoms with Crippen LogP contribution in [0.5, 0.6) is 11.5 Å². The molecule has 1 atom stereocenters. The quantitative estimate of drug-likeness (QED) is 0.917. The van der Waals surface area contributed by atoms with E-state index in [0.29, 0.717) is 19.0 Å². The van der Waals surface area contributed by atoms with Gasteiger partial charge in [-0.2, -0.15) is 0 Å². The predicted molar refractivity (Wildman–Crippen MR) is 101 cm³/mol. The maximum Gasteiger partial charge on any atom is 0.241 e. The number of ether oxygens (including phenoxy) is 2. The van der Waals surface area contributed by atoms with Crippen LogP contribution in [-0.2, 0) is 11.3 Å². The third-order valence-electron chi connectivity index (χ3n) is 4.94. The largest absolute Gasteiger partial charge is 0.486 e. The number of amides is 1. The zero-order chi connectivity index (χ0) is 17.9. The summed E-state index contributed by atoms with van der Waals surface area (Å²) < 4.78 is 11.1. The third-order valence-corrected chi connectivity index (χ3v) is 4.94. The number of carbonyl (C=O) groups excluding carboxylic acids is 1. The van der Waals surface area contributed by atoms with Gasteiger partial charge in [-0.25, -0.2) is 0 Å². The van der Waals surface area contributed by atoms with Crippen LogP contribution in [0.2, 0.25) is 0 Å². The molecule has 1 N–H and O–H groups in total. The van der Waals surface area contributed by atoms with E-state index in [1.54, 1.807) is 0 Å². The van der Waals surface area contributed by atoms with Crippen molar-refractivity contribution in [2.45, 2.75) is 32.4 Å². The predicted octanol–water partition coefficient (Wildman–Crippen LogP) is 3.37. The van der Waals surface area contributed by atoms with E-state index in [0.717, 1.165) is 37.4 Å². The highest BCUT2D eigenvalue weighted by atomic mass is 16.6. The van der Waals surface area contributed by atoms with Crippen molar-refractivity contribution >= 4 is 11.6 Å². The van der Waals surface area contributed by atoms with Crippen LogP contribution in [0.3, 0.4) is 0 Å². The van der Waals surface area contributed by atoms with Gasteiger partial charge in [0.05, 0.1) is 6.04 Å². The molecule has 1 unspecified atom stereocenters. The Balaban J connectivity index is 1.43. The van der Waals surface area contributed by atoms with E-state index in [1.165, 1.54) is 11.1 Å². The van der Waals surface area contributed by atoms with E-state index in [-0.39, 0.29) is 11.9 Å². The van der Waals surface area contributed by atoms with Gasteiger partial charge in [-0.1, -0.05) is 29.8 Å². The van der Waals surface area contributed by atoms with Gasteiger partial charge in [0.2, 0.25) is 5.91 Å². The number of aryl methyl sites for hydroxylation is 1. The van der Waals surface area contributed by atoms with Gasteiger partial charge in [-0.15, -0.1) is 0 Å². The standard InChI is InChI=1S/C21H24N2O3/c1-15-4-2-5-16(12-15)14-23-9-3-6-18(23)21(24)22-17-7-8-19-20(13-17)26-11-10-25-19/h2,4-5,7-8,12-13,18H,3,6,9-11,14H2,1H3,(H,22,24). The molecule has 2 aliphatic rings. The van der Waals surface area contributed by atoms with Crippen molar-refractivity contribution in [1.82, 2.24) is 4.90 Å². The van der Waals surface area contributed by atoms with Gasteiger partial charge in [0.1, 0.15) is 13.2 Å². The Morgan fingerprint density at radius 2 is 2.00 bits per heavy atom. The maximum atomic E-state index is 12.8. The lowest BCUT2D eigenvalue weighted by Gasteiger charge is -2.24. The second-order valence-corrected chi connectivity index (χ2v) is 6.97. The second kappa shape index (κ2) is 7.38. The second-order valence-electron chi connectivity index (χ2n) is 6.97. The van der Waals surface area contributed by atoms with Crippen LogP contribution in [0, 0.1) is 6.92 Å². The summed E-state index contributed by atoms with van der Waals surface area (Å²) in [4.78, 5) is 15.1. The van der Waals surface area contributed by atoms with Crippen molar-refractivity contribution in [2.24, 2.45) is 0 Å². The number of benzene rings is 2. The summed E-state index contributed by atoms with van der Waals surface area (Å²) in [6, 6.07) is 13.9. The van der Waals surface area contributed by atoms with Crippen molar-refractivity contribution in [3.63, 3.8) is 0 Å². The first-order valence-corrected chi connectivity index (χ1v) is 9.19. The number of fused-ring (bicyclic) bond motifs is 1. The topological polar surface area (TPSA) is 50.8 Å². The Kier molecular flexibility index (Phi) is 4.80. The Labute approximate surface area is 153 Å². The van der Waals surface area contributed by atoms with Crippen LogP contribution in [0.1, 0.15) is 24.0 Å².